The number of carbonyl (C=O) groups excluding carboxylic acids is 1. The van der Waals surface area contributed by atoms with E-state index < -0.39 is 11.3 Å². The maximum Gasteiger partial charge on any atom is 0.322 e. The Morgan fingerprint density at radius 2 is 2.04 bits per heavy atom. The summed E-state index contributed by atoms with van der Waals surface area (Å²) in [6.45, 7) is 2.09. The van der Waals surface area contributed by atoms with Crippen molar-refractivity contribution in [3.63, 3.8) is 0 Å². The van der Waals surface area contributed by atoms with Gasteiger partial charge in [-0.15, -0.1) is 10.2 Å². The first-order chi connectivity index (χ1) is 13.2. The van der Waals surface area contributed by atoms with Gasteiger partial charge in [0.05, 0.1) is 12.6 Å². The molecule has 1 aromatic carbocycles. The number of aromatic nitrogens is 4. The molecule has 0 saturated heterocycles. The second-order valence-corrected chi connectivity index (χ2v) is 7.31. The van der Waals surface area contributed by atoms with E-state index in [1.807, 2.05) is 30.3 Å². The molecule has 9 heteroatoms. The molecule has 0 unspecified atom stereocenters. The van der Waals surface area contributed by atoms with Gasteiger partial charge in [0.1, 0.15) is 5.25 Å². The monoisotopic (exact) mass is 401 g/mol. The van der Waals surface area contributed by atoms with Crippen molar-refractivity contribution in [3.8, 4) is 11.4 Å². The van der Waals surface area contributed by atoms with Crippen LogP contribution in [0.25, 0.3) is 11.4 Å². The Morgan fingerprint density at radius 3 is 2.78 bits per heavy atom. The average Bonchev–Trinajstić information content (AvgIpc) is 3.11. The number of hydrogen-bond donors (Lipinski definition) is 1. The number of hydrogen-bond acceptors (Lipinski definition) is 7. The maximum absolute atomic E-state index is 12.6. The SMILES string of the molecule is CCOC(=O)[C@@H]1Sc2nnc(-c3ccncc3)n2N[C@@H]1c1ccccc1Cl. The molecule has 27 heavy (non-hydrogen) atoms. The number of rotatable bonds is 4. The van der Waals surface area contributed by atoms with Gasteiger partial charge >= 0.3 is 5.97 Å². The molecule has 1 N–H and O–H groups in total. The highest BCUT2D eigenvalue weighted by atomic mass is 35.5. The summed E-state index contributed by atoms with van der Waals surface area (Å²) in [5.41, 5.74) is 5.03. The van der Waals surface area contributed by atoms with Gasteiger partial charge in [-0.1, -0.05) is 41.6 Å². The summed E-state index contributed by atoms with van der Waals surface area (Å²) in [6, 6.07) is 10.8. The normalized spacial score (nSPS) is 18.4. The van der Waals surface area contributed by atoms with Crippen LogP contribution in [0.5, 0.6) is 0 Å². The molecule has 0 bridgehead atoms. The number of nitrogens with one attached hydrogen (secondary N) is 1. The van der Waals surface area contributed by atoms with Crippen LogP contribution in [0.4, 0.5) is 0 Å². The largest absolute Gasteiger partial charge is 0.465 e. The minimum absolute atomic E-state index is 0.306. The molecule has 4 rings (SSSR count). The summed E-state index contributed by atoms with van der Waals surface area (Å²) < 4.78 is 7.05. The molecule has 0 fully saturated rings. The molecule has 0 saturated carbocycles. The van der Waals surface area contributed by atoms with E-state index in [4.69, 9.17) is 16.3 Å². The van der Waals surface area contributed by atoms with Crippen LogP contribution in [0.2, 0.25) is 5.02 Å². The molecule has 0 radical (unpaired) electrons. The van der Waals surface area contributed by atoms with Gasteiger partial charge in [-0.25, -0.2) is 4.68 Å². The average molecular weight is 402 g/mol. The van der Waals surface area contributed by atoms with Gasteiger partial charge in [-0.05, 0) is 30.7 Å². The lowest BCUT2D eigenvalue weighted by atomic mass is 10.0. The molecule has 1 aliphatic rings. The van der Waals surface area contributed by atoms with Crippen molar-refractivity contribution in [1.82, 2.24) is 19.9 Å². The summed E-state index contributed by atoms with van der Waals surface area (Å²) >= 11 is 7.72. The van der Waals surface area contributed by atoms with Gasteiger partial charge in [0, 0.05) is 23.0 Å². The quantitative estimate of drug-likeness (QED) is 0.671. The van der Waals surface area contributed by atoms with E-state index in [1.165, 1.54) is 11.8 Å². The molecule has 2 atom stereocenters. The lowest BCUT2D eigenvalue weighted by Crippen LogP contribution is -2.40. The Labute approximate surface area is 165 Å². The van der Waals surface area contributed by atoms with E-state index in [1.54, 1.807) is 30.1 Å². The van der Waals surface area contributed by atoms with Crippen LogP contribution >= 0.6 is 23.4 Å². The number of carbonyl (C=O) groups is 1. The number of halogens is 1. The van der Waals surface area contributed by atoms with Gasteiger partial charge in [-0.3, -0.25) is 9.78 Å². The van der Waals surface area contributed by atoms with Crippen LogP contribution in [-0.2, 0) is 9.53 Å². The van der Waals surface area contributed by atoms with Crippen LogP contribution in [-0.4, -0.2) is 37.7 Å². The van der Waals surface area contributed by atoms with E-state index in [0.29, 0.717) is 22.6 Å². The van der Waals surface area contributed by atoms with Crippen molar-refractivity contribution in [2.75, 3.05) is 12.0 Å². The molecule has 138 valence electrons. The highest BCUT2D eigenvalue weighted by Crippen LogP contribution is 2.40. The molecular weight excluding hydrogens is 386 g/mol. The zero-order valence-corrected chi connectivity index (χ0v) is 15.9. The Morgan fingerprint density at radius 1 is 1.26 bits per heavy atom. The Balaban J connectivity index is 1.77. The van der Waals surface area contributed by atoms with Crippen molar-refractivity contribution < 1.29 is 9.53 Å². The standard InChI is InChI=1S/C18H16ClN5O2S/c1-2-26-17(25)15-14(12-5-3-4-6-13(12)19)23-24-16(21-22-18(24)27-15)11-7-9-20-10-8-11/h3-10,14-15,23H,2H2,1H3/t14-,15-/m1/s1. The fraction of sp³-hybridized carbons (Fsp3) is 0.222. The summed E-state index contributed by atoms with van der Waals surface area (Å²) in [5, 5.41) is 9.13. The summed E-state index contributed by atoms with van der Waals surface area (Å²) in [5.74, 6) is 0.318. The number of thioether (sulfide) groups is 1. The zero-order valence-electron chi connectivity index (χ0n) is 14.4. The van der Waals surface area contributed by atoms with Crippen LogP contribution in [0.1, 0.15) is 18.5 Å². The van der Waals surface area contributed by atoms with Gasteiger partial charge in [0.25, 0.3) is 0 Å². The topological polar surface area (TPSA) is 81.9 Å². The van der Waals surface area contributed by atoms with E-state index in [-0.39, 0.29) is 5.97 Å². The molecule has 1 aliphatic heterocycles. The second-order valence-electron chi connectivity index (χ2n) is 5.80. The lowest BCUT2D eigenvalue weighted by Gasteiger charge is -2.32. The zero-order chi connectivity index (χ0) is 18.8. The van der Waals surface area contributed by atoms with E-state index in [9.17, 15) is 4.79 Å². The van der Waals surface area contributed by atoms with E-state index in [0.717, 1.165) is 11.1 Å². The highest BCUT2D eigenvalue weighted by Gasteiger charge is 2.39. The minimum Gasteiger partial charge on any atom is -0.465 e. The Hall–Kier alpha value is -2.58. The molecule has 3 heterocycles. The van der Waals surface area contributed by atoms with Crippen LogP contribution in [0, 0.1) is 0 Å². The fourth-order valence-corrected chi connectivity index (χ4v) is 4.23. The van der Waals surface area contributed by atoms with Crippen molar-refractivity contribution >= 4 is 29.3 Å². The predicted octanol–water partition coefficient (Wildman–Crippen LogP) is 3.32. The third kappa shape index (κ3) is 3.38. The molecule has 2 aromatic heterocycles. The Kier molecular flexibility index (Phi) is 5.00. The van der Waals surface area contributed by atoms with Crippen LogP contribution in [0.15, 0.2) is 53.9 Å². The van der Waals surface area contributed by atoms with Gasteiger partial charge in [0.15, 0.2) is 5.82 Å². The van der Waals surface area contributed by atoms with Crippen molar-refractivity contribution in [3.05, 3.63) is 59.4 Å². The number of ether oxygens (including phenoxy) is 1. The summed E-state index contributed by atoms with van der Waals surface area (Å²) in [6.07, 6.45) is 3.39. The molecule has 0 spiro atoms. The Bertz CT molecular complexity index is 965. The number of fused-ring (bicyclic) bond motifs is 1. The fourth-order valence-electron chi connectivity index (χ4n) is 2.91. The van der Waals surface area contributed by atoms with Crippen molar-refractivity contribution in [1.29, 1.82) is 0 Å². The van der Waals surface area contributed by atoms with Crippen molar-refractivity contribution in [2.45, 2.75) is 23.4 Å². The van der Waals surface area contributed by atoms with Gasteiger partial charge in [0.2, 0.25) is 5.16 Å². The maximum atomic E-state index is 12.6. The number of benzene rings is 1. The number of nitrogens with zero attached hydrogens (tertiary/aromatic N) is 4. The summed E-state index contributed by atoms with van der Waals surface area (Å²) in [7, 11) is 0. The highest BCUT2D eigenvalue weighted by molar-refractivity contribution is 8.00. The first-order valence-corrected chi connectivity index (χ1v) is 9.65. The number of pyridine rings is 1. The molecule has 0 aliphatic carbocycles. The minimum atomic E-state index is -0.535. The molecule has 0 amide bonds. The van der Waals surface area contributed by atoms with E-state index >= 15 is 0 Å². The first kappa shape index (κ1) is 17.8. The predicted molar refractivity (Wildman–Crippen MR) is 103 cm³/mol. The molecule has 3 aromatic rings. The van der Waals surface area contributed by atoms with Crippen LogP contribution < -0.4 is 5.43 Å². The third-order valence-corrected chi connectivity index (χ3v) is 5.67. The van der Waals surface area contributed by atoms with Crippen molar-refractivity contribution in [2.24, 2.45) is 0 Å². The first-order valence-electron chi connectivity index (χ1n) is 8.39. The van der Waals surface area contributed by atoms with Crippen LogP contribution in [0.3, 0.4) is 0 Å². The third-order valence-electron chi connectivity index (χ3n) is 4.13. The molecule has 7 nitrogen and oxygen atoms in total. The lowest BCUT2D eigenvalue weighted by molar-refractivity contribution is -0.142. The van der Waals surface area contributed by atoms with E-state index in [2.05, 4.69) is 20.6 Å². The van der Waals surface area contributed by atoms with Gasteiger partial charge < -0.3 is 10.2 Å². The smallest absolute Gasteiger partial charge is 0.322 e. The molecular formula is C18H16ClN5O2S. The summed E-state index contributed by atoms with van der Waals surface area (Å²) in [4.78, 5) is 16.6. The second kappa shape index (κ2) is 7.58. The number of esters is 1. The van der Waals surface area contributed by atoms with Gasteiger partial charge in [-0.2, -0.15) is 0 Å².